The molecular weight excluding hydrogens is 231 g/mol. The van der Waals surface area contributed by atoms with Gasteiger partial charge in [0.15, 0.2) is 0 Å². The minimum absolute atomic E-state index is 0.203. The Morgan fingerprint density at radius 1 is 1.59 bits per heavy atom. The molecule has 0 unspecified atom stereocenters. The summed E-state index contributed by atoms with van der Waals surface area (Å²) >= 11 is 0. The van der Waals surface area contributed by atoms with Gasteiger partial charge in [0.05, 0.1) is 11.5 Å². The van der Waals surface area contributed by atoms with Crippen molar-refractivity contribution in [2.24, 2.45) is 5.11 Å². The van der Waals surface area contributed by atoms with Crippen molar-refractivity contribution in [3.05, 3.63) is 44.6 Å². The normalized spacial score (nSPS) is 9.47. The van der Waals surface area contributed by atoms with Crippen LogP contribution in [0.3, 0.4) is 0 Å². The van der Waals surface area contributed by atoms with Gasteiger partial charge in [0.25, 0.3) is 0 Å². The lowest BCUT2D eigenvalue weighted by atomic mass is 10.3. The quantitative estimate of drug-likeness (QED) is 0.191. The molecule has 0 saturated carbocycles. The number of hydrogen-bond acceptors (Lipinski definition) is 4. The van der Waals surface area contributed by atoms with Crippen LogP contribution in [0.25, 0.3) is 10.4 Å². The number of hydrogen-bond donors (Lipinski definition) is 0. The van der Waals surface area contributed by atoms with E-state index in [2.05, 4.69) is 10.0 Å². The third kappa shape index (κ3) is 3.96. The predicted molar refractivity (Wildman–Crippen MR) is 57.2 cm³/mol. The first-order chi connectivity index (χ1) is 8.15. The minimum Gasteiger partial charge on any atom is -0.493 e. The molecule has 1 aromatic carbocycles. The Balaban J connectivity index is 2.53. The highest BCUT2D eigenvalue weighted by molar-refractivity contribution is 5.37. The maximum Gasteiger partial charge on any atom is 0.305 e. The second-order valence-corrected chi connectivity index (χ2v) is 3.03. The molecule has 0 aliphatic heterocycles. The molecule has 1 rings (SSSR count). The fourth-order valence-electron chi connectivity index (χ4n) is 1.10. The van der Waals surface area contributed by atoms with Crippen LogP contribution in [0.15, 0.2) is 23.3 Å². The van der Waals surface area contributed by atoms with Crippen molar-refractivity contribution in [3.8, 4) is 5.75 Å². The third-order valence-corrected chi connectivity index (χ3v) is 1.85. The zero-order valence-electron chi connectivity index (χ0n) is 8.74. The van der Waals surface area contributed by atoms with E-state index in [-0.39, 0.29) is 18.9 Å². The molecule has 0 radical (unpaired) electrons. The van der Waals surface area contributed by atoms with E-state index < -0.39 is 16.4 Å². The number of nitro benzene ring substituents is 1. The second kappa shape index (κ2) is 6.29. The zero-order valence-corrected chi connectivity index (χ0v) is 8.74. The van der Waals surface area contributed by atoms with Crippen LogP contribution in [0.4, 0.5) is 10.1 Å². The van der Waals surface area contributed by atoms with Crippen LogP contribution in [0, 0.1) is 15.9 Å². The van der Waals surface area contributed by atoms with Crippen LogP contribution in [-0.4, -0.2) is 18.1 Å². The summed E-state index contributed by atoms with van der Waals surface area (Å²) < 4.78 is 18.3. The molecular formula is C9H9FN4O3. The number of azide groups is 1. The van der Waals surface area contributed by atoms with Crippen LogP contribution < -0.4 is 4.74 Å². The minimum atomic E-state index is -0.942. The van der Waals surface area contributed by atoms with Crippen molar-refractivity contribution in [1.29, 1.82) is 0 Å². The molecule has 0 N–H and O–H groups in total. The molecule has 0 aliphatic carbocycles. The van der Waals surface area contributed by atoms with Gasteiger partial charge in [0, 0.05) is 23.6 Å². The molecule has 0 bridgehead atoms. The topological polar surface area (TPSA) is 101 Å². The molecule has 0 amide bonds. The Kier molecular flexibility index (Phi) is 4.71. The Morgan fingerprint density at radius 2 is 2.35 bits per heavy atom. The maximum atomic E-state index is 13.1. The van der Waals surface area contributed by atoms with E-state index in [0.29, 0.717) is 6.42 Å². The molecule has 8 heteroatoms. The standard InChI is InChI=1S/C9H9FN4O3/c10-8-6-7(2-3-9(8)14(15)16)17-5-1-4-12-13-11/h2-3,6H,1,4-5H2. The van der Waals surface area contributed by atoms with Crippen LogP contribution in [0.1, 0.15) is 6.42 Å². The molecule has 1 aromatic rings. The van der Waals surface area contributed by atoms with Crippen LogP contribution >= 0.6 is 0 Å². The second-order valence-electron chi connectivity index (χ2n) is 3.03. The molecule has 0 spiro atoms. The molecule has 0 atom stereocenters. The largest absolute Gasteiger partial charge is 0.493 e. The predicted octanol–water partition coefficient (Wildman–Crippen LogP) is 2.81. The molecule has 0 fully saturated rings. The fraction of sp³-hybridized carbons (Fsp3) is 0.333. The SMILES string of the molecule is [N-]=[N+]=NCCCOc1ccc([N+](=O)[O-])c(F)c1. The number of rotatable bonds is 6. The van der Waals surface area contributed by atoms with Gasteiger partial charge in [-0.3, -0.25) is 10.1 Å². The smallest absolute Gasteiger partial charge is 0.305 e. The van der Waals surface area contributed by atoms with Gasteiger partial charge in [-0.2, -0.15) is 4.39 Å². The molecule has 90 valence electrons. The van der Waals surface area contributed by atoms with E-state index in [1.165, 1.54) is 6.07 Å². The van der Waals surface area contributed by atoms with Crippen molar-refractivity contribution in [2.75, 3.05) is 13.2 Å². The highest BCUT2D eigenvalue weighted by atomic mass is 19.1. The van der Waals surface area contributed by atoms with Gasteiger partial charge in [0.2, 0.25) is 5.82 Å². The summed E-state index contributed by atoms with van der Waals surface area (Å²) in [5, 5.41) is 13.6. The maximum absolute atomic E-state index is 13.1. The Labute approximate surface area is 95.6 Å². The van der Waals surface area contributed by atoms with Crippen molar-refractivity contribution in [1.82, 2.24) is 0 Å². The first kappa shape index (κ1) is 12.7. The van der Waals surface area contributed by atoms with Gasteiger partial charge < -0.3 is 4.74 Å². The summed E-state index contributed by atoms with van der Waals surface area (Å²) in [6.45, 7) is 0.530. The number of ether oxygens (including phenoxy) is 1. The summed E-state index contributed by atoms with van der Waals surface area (Å²) in [7, 11) is 0. The van der Waals surface area contributed by atoms with Crippen molar-refractivity contribution in [3.63, 3.8) is 0 Å². The van der Waals surface area contributed by atoms with Gasteiger partial charge in [0.1, 0.15) is 5.75 Å². The van der Waals surface area contributed by atoms with E-state index in [1.54, 1.807) is 0 Å². The van der Waals surface area contributed by atoms with E-state index >= 15 is 0 Å². The number of nitrogens with zero attached hydrogens (tertiary/aromatic N) is 4. The van der Waals surface area contributed by atoms with Crippen molar-refractivity contribution >= 4 is 5.69 Å². The molecule has 0 saturated heterocycles. The molecule has 7 nitrogen and oxygen atoms in total. The fourth-order valence-corrected chi connectivity index (χ4v) is 1.10. The lowest BCUT2D eigenvalue weighted by molar-refractivity contribution is -0.387. The highest BCUT2D eigenvalue weighted by Gasteiger charge is 2.13. The van der Waals surface area contributed by atoms with E-state index in [1.807, 2.05) is 0 Å². The summed E-state index contributed by atoms with van der Waals surface area (Å²) in [5.74, 6) is -0.739. The van der Waals surface area contributed by atoms with Crippen molar-refractivity contribution in [2.45, 2.75) is 6.42 Å². The van der Waals surface area contributed by atoms with E-state index in [9.17, 15) is 14.5 Å². The van der Waals surface area contributed by atoms with Gasteiger partial charge in [-0.25, -0.2) is 0 Å². The average Bonchev–Trinajstić information content (AvgIpc) is 2.28. The number of halogens is 1. The van der Waals surface area contributed by atoms with Crippen LogP contribution in [-0.2, 0) is 0 Å². The third-order valence-electron chi connectivity index (χ3n) is 1.85. The van der Waals surface area contributed by atoms with Crippen molar-refractivity contribution < 1.29 is 14.1 Å². The van der Waals surface area contributed by atoms with E-state index in [0.717, 1.165) is 12.1 Å². The molecule has 0 aromatic heterocycles. The monoisotopic (exact) mass is 240 g/mol. The average molecular weight is 240 g/mol. The first-order valence-corrected chi connectivity index (χ1v) is 4.72. The van der Waals surface area contributed by atoms with Crippen LogP contribution in [0.2, 0.25) is 0 Å². The number of benzene rings is 1. The lowest BCUT2D eigenvalue weighted by Crippen LogP contribution is -2.00. The summed E-state index contributed by atoms with van der Waals surface area (Å²) in [6.07, 6.45) is 0.489. The Hall–Kier alpha value is -2.34. The summed E-state index contributed by atoms with van der Waals surface area (Å²) in [4.78, 5) is 12.1. The zero-order chi connectivity index (χ0) is 12.7. The molecule has 0 aliphatic rings. The van der Waals surface area contributed by atoms with Gasteiger partial charge in [-0.1, -0.05) is 5.11 Å². The highest BCUT2D eigenvalue weighted by Crippen LogP contribution is 2.22. The summed E-state index contributed by atoms with van der Waals surface area (Å²) in [6, 6.07) is 3.30. The van der Waals surface area contributed by atoms with Gasteiger partial charge >= 0.3 is 5.69 Å². The first-order valence-electron chi connectivity index (χ1n) is 4.72. The summed E-state index contributed by atoms with van der Waals surface area (Å²) in [5.41, 5.74) is 7.41. The number of nitro groups is 1. The van der Waals surface area contributed by atoms with Gasteiger partial charge in [-0.15, -0.1) is 0 Å². The molecule has 17 heavy (non-hydrogen) atoms. The Bertz CT molecular complexity index is 460. The van der Waals surface area contributed by atoms with Gasteiger partial charge in [-0.05, 0) is 18.0 Å². The lowest BCUT2D eigenvalue weighted by Gasteiger charge is -2.04. The molecule has 0 heterocycles. The Morgan fingerprint density at radius 3 is 2.94 bits per heavy atom. The van der Waals surface area contributed by atoms with Crippen LogP contribution in [0.5, 0.6) is 5.75 Å². The van der Waals surface area contributed by atoms with E-state index in [4.69, 9.17) is 10.3 Å².